The first kappa shape index (κ1) is 26.7. The van der Waals surface area contributed by atoms with Crippen LogP contribution in [0.1, 0.15) is 22.5 Å². The summed E-state index contributed by atoms with van der Waals surface area (Å²) in [5.74, 6) is 1.28. The molecular formula is C27H32ClN5O4. The van der Waals surface area contributed by atoms with E-state index in [0.29, 0.717) is 25.5 Å². The lowest BCUT2D eigenvalue weighted by molar-refractivity contribution is -0.125. The number of ether oxygens (including phenoxy) is 1. The van der Waals surface area contributed by atoms with Crippen LogP contribution in [-0.2, 0) is 22.6 Å². The topological polar surface area (TPSA) is 91.2 Å². The van der Waals surface area contributed by atoms with Gasteiger partial charge in [0.05, 0.1) is 19.8 Å². The lowest BCUT2D eigenvalue weighted by Gasteiger charge is -2.32. The maximum absolute atomic E-state index is 12.8. The van der Waals surface area contributed by atoms with Gasteiger partial charge in [-0.3, -0.25) is 15.0 Å². The fourth-order valence-electron chi connectivity index (χ4n) is 4.61. The van der Waals surface area contributed by atoms with E-state index in [1.165, 1.54) is 0 Å². The number of amides is 3. The summed E-state index contributed by atoms with van der Waals surface area (Å²) in [6.45, 7) is 7.57. The van der Waals surface area contributed by atoms with E-state index in [1.807, 2.05) is 37.3 Å². The number of hydrogen-bond acceptors (Lipinski definition) is 6. The summed E-state index contributed by atoms with van der Waals surface area (Å²) in [6.07, 6.45) is 4.99. The minimum absolute atomic E-state index is 0. The third-order valence-corrected chi connectivity index (χ3v) is 6.74. The molecule has 0 atom stereocenters. The van der Waals surface area contributed by atoms with E-state index >= 15 is 0 Å². The standard InChI is InChI=1S/C27H31N5O4.ClH/c1-19-23(22-5-3-4-6-24(22)36-19)18-30(2)25(33)8-7-20-15-21-17-32(27(34)29-26(21)28-16-20)10-9-31-11-13-35-14-12-31;/h3-8,15-16H,9-14,17-18H2,1-2H3,(H,28,29,34);1H/b8-7+;. The number of anilines is 1. The Morgan fingerprint density at radius 1 is 1.22 bits per heavy atom. The smallest absolute Gasteiger partial charge is 0.323 e. The van der Waals surface area contributed by atoms with E-state index in [-0.39, 0.29) is 24.3 Å². The second-order valence-corrected chi connectivity index (χ2v) is 9.24. The molecule has 0 aliphatic carbocycles. The van der Waals surface area contributed by atoms with Crippen LogP contribution >= 0.6 is 12.4 Å². The number of hydrogen-bond donors (Lipinski definition) is 1. The molecule has 0 bridgehead atoms. The van der Waals surface area contributed by atoms with E-state index in [2.05, 4.69) is 15.2 Å². The van der Waals surface area contributed by atoms with Gasteiger partial charge in [0, 0.05) is 68.6 Å². The molecule has 9 nitrogen and oxygen atoms in total. The monoisotopic (exact) mass is 525 g/mol. The number of carbonyl (C=O) groups excluding carboxylic acids is 2. The molecule has 5 rings (SSSR count). The van der Waals surface area contributed by atoms with E-state index in [9.17, 15) is 9.59 Å². The van der Waals surface area contributed by atoms with Gasteiger partial charge in [0.2, 0.25) is 5.91 Å². The van der Waals surface area contributed by atoms with Crippen LogP contribution in [0, 0.1) is 6.92 Å². The predicted molar refractivity (Wildman–Crippen MR) is 145 cm³/mol. The van der Waals surface area contributed by atoms with Crippen molar-refractivity contribution in [3.05, 3.63) is 65.1 Å². The van der Waals surface area contributed by atoms with E-state index in [1.54, 1.807) is 35.2 Å². The maximum atomic E-state index is 12.8. The van der Waals surface area contributed by atoms with Crippen molar-refractivity contribution >= 4 is 47.2 Å². The van der Waals surface area contributed by atoms with Crippen LogP contribution in [-0.4, -0.2) is 78.1 Å². The highest BCUT2D eigenvalue weighted by molar-refractivity contribution is 5.93. The molecule has 3 amide bonds. The van der Waals surface area contributed by atoms with Crippen LogP contribution in [0.15, 0.2) is 47.0 Å². The molecular weight excluding hydrogens is 494 g/mol. The van der Waals surface area contributed by atoms with Crippen molar-refractivity contribution in [3.63, 3.8) is 0 Å². The van der Waals surface area contributed by atoms with Crippen LogP contribution < -0.4 is 5.32 Å². The number of rotatable bonds is 7. The lowest BCUT2D eigenvalue weighted by Crippen LogP contribution is -2.45. The zero-order valence-electron chi connectivity index (χ0n) is 21.1. The number of carbonyl (C=O) groups is 2. The Kier molecular flexibility index (Phi) is 8.48. The molecule has 1 N–H and O–H groups in total. The molecule has 196 valence electrons. The summed E-state index contributed by atoms with van der Waals surface area (Å²) >= 11 is 0. The number of pyridine rings is 1. The van der Waals surface area contributed by atoms with Crippen LogP contribution in [0.5, 0.6) is 0 Å². The van der Waals surface area contributed by atoms with E-state index < -0.39 is 0 Å². The molecule has 1 fully saturated rings. The molecule has 0 radical (unpaired) electrons. The number of urea groups is 1. The molecule has 1 saturated heterocycles. The Balaban J connectivity index is 0.00000320. The Hall–Kier alpha value is -3.40. The first-order valence-electron chi connectivity index (χ1n) is 12.2. The second-order valence-electron chi connectivity index (χ2n) is 9.24. The Bertz CT molecular complexity index is 1300. The Labute approximate surface area is 222 Å². The second kappa shape index (κ2) is 11.8. The molecule has 37 heavy (non-hydrogen) atoms. The van der Waals surface area contributed by atoms with Crippen LogP contribution in [0.4, 0.5) is 10.6 Å². The molecule has 0 saturated carbocycles. The molecule has 2 aliphatic heterocycles. The number of para-hydroxylation sites is 1. The largest absolute Gasteiger partial charge is 0.461 e. The van der Waals surface area contributed by atoms with Gasteiger partial charge in [0.25, 0.3) is 0 Å². The highest BCUT2D eigenvalue weighted by Gasteiger charge is 2.24. The third-order valence-electron chi connectivity index (χ3n) is 6.74. The number of furan rings is 1. The number of likely N-dealkylation sites (N-methyl/N-ethyl adjacent to an activating group) is 1. The van der Waals surface area contributed by atoms with Crippen molar-refractivity contribution in [1.29, 1.82) is 0 Å². The molecule has 0 unspecified atom stereocenters. The number of aromatic nitrogens is 1. The van der Waals surface area contributed by atoms with Gasteiger partial charge in [0.1, 0.15) is 17.2 Å². The summed E-state index contributed by atoms with van der Waals surface area (Å²) < 4.78 is 11.2. The van der Waals surface area contributed by atoms with Gasteiger partial charge < -0.3 is 19.0 Å². The number of halogens is 1. The Morgan fingerprint density at radius 2 is 2.00 bits per heavy atom. The van der Waals surface area contributed by atoms with Crippen LogP contribution in [0.3, 0.4) is 0 Å². The van der Waals surface area contributed by atoms with Gasteiger partial charge in [-0.25, -0.2) is 9.78 Å². The molecule has 2 aliphatic rings. The SMILES string of the molecule is Cc1oc2ccccc2c1CN(C)C(=O)/C=C/c1cnc2c(c1)CN(CCN1CCOCC1)C(=O)N2.Cl. The average molecular weight is 526 g/mol. The van der Waals surface area contributed by atoms with Crippen molar-refractivity contribution in [2.24, 2.45) is 0 Å². The van der Waals surface area contributed by atoms with Crippen molar-refractivity contribution in [2.75, 3.05) is 51.8 Å². The average Bonchev–Trinajstić information content (AvgIpc) is 3.21. The van der Waals surface area contributed by atoms with Gasteiger partial charge in [-0.2, -0.15) is 0 Å². The van der Waals surface area contributed by atoms with Crippen molar-refractivity contribution in [2.45, 2.75) is 20.0 Å². The first-order chi connectivity index (χ1) is 17.5. The minimum atomic E-state index is -0.134. The van der Waals surface area contributed by atoms with Crippen LogP contribution in [0.2, 0.25) is 0 Å². The summed E-state index contributed by atoms with van der Waals surface area (Å²) in [6, 6.07) is 9.69. The quantitative estimate of drug-likeness (QED) is 0.470. The zero-order valence-corrected chi connectivity index (χ0v) is 21.9. The number of benzene rings is 1. The van der Waals surface area contributed by atoms with Crippen molar-refractivity contribution < 1.29 is 18.7 Å². The summed E-state index contributed by atoms with van der Waals surface area (Å²) in [5, 5.41) is 3.90. The normalized spacial score (nSPS) is 15.9. The predicted octanol–water partition coefficient (Wildman–Crippen LogP) is 3.91. The maximum Gasteiger partial charge on any atom is 0.323 e. The van der Waals surface area contributed by atoms with Gasteiger partial charge in [-0.1, -0.05) is 18.2 Å². The van der Waals surface area contributed by atoms with Gasteiger partial charge in [0.15, 0.2) is 0 Å². The van der Waals surface area contributed by atoms with Crippen LogP contribution in [0.25, 0.3) is 17.0 Å². The van der Waals surface area contributed by atoms with Crippen molar-refractivity contribution in [3.8, 4) is 0 Å². The number of nitrogens with zero attached hydrogens (tertiary/aromatic N) is 4. The molecule has 1 aromatic carbocycles. The summed E-state index contributed by atoms with van der Waals surface area (Å²) in [5.41, 5.74) is 3.58. The summed E-state index contributed by atoms with van der Waals surface area (Å²) in [7, 11) is 1.78. The minimum Gasteiger partial charge on any atom is -0.461 e. The van der Waals surface area contributed by atoms with Gasteiger partial charge in [-0.15, -0.1) is 12.4 Å². The van der Waals surface area contributed by atoms with Gasteiger partial charge in [-0.05, 0) is 30.7 Å². The van der Waals surface area contributed by atoms with Crippen molar-refractivity contribution in [1.82, 2.24) is 19.7 Å². The number of nitrogens with one attached hydrogen (secondary N) is 1. The highest BCUT2D eigenvalue weighted by Crippen LogP contribution is 2.26. The molecule has 0 spiro atoms. The third kappa shape index (κ3) is 6.12. The number of morpholine rings is 1. The molecule has 10 heteroatoms. The fraction of sp³-hybridized carbons (Fsp3) is 0.370. The summed E-state index contributed by atoms with van der Waals surface area (Å²) in [4.78, 5) is 35.5. The van der Waals surface area contributed by atoms with Gasteiger partial charge >= 0.3 is 6.03 Å². The van der Waals surface area contributed by atoms with E-state index in [0.717, 1.165) is 66.3 Å². The number of aryl methyl sites for hydroxylation is 1. The molecule has 3 aromatic rings. The fourth-order valence-corrected chi connectivity index (χ4v) is 4.61. The molecule has 2 aromatic heterocycles. The highest BCUT2D eigenvalue weighted by atomic mass is 35.5. The first-order valence-corrected chi connectivity index (χ1v) is 12.2. The zero-order chi connectivity index (χ0) is 25.1. The molecule has 4 heterocycles. The van der Waals surface area contributed by atoms with E-state index in [4.69, 9.17) is 9.15 Å². The number of fused-ring (bicyclic) bond motifs is 2. The lowest BCUT2D eigenvalue weighted by atomic mass is 10.1. The Morgan fingerprint density at radius 3 is 2.81 bits per heavy atom.